The van der Waals surface area contributed by atoms with E-state index in [1.54, 1.807) is 6.92 Å². The van der Waals surface area contributed by atoms with E-state index in [9.17, 15) is 9.59 Å². The number of aromatic nitrogens is 3. The second-order valence-corrected chi connectivity index (χ2v) is 8.61. The first-order valence-electron chi connectivity index (χ1n) is 11.4. The minimum Gasteiger partial charge on any atom is -0.447 e. The molecule has 0 bridgehead atoms. The number of likely N-dealkylation sites (tertiary alicyclic amines) is 1. The highest BCUT2D eigenvalue weighted by Crippen LogP contribution is 2.26. The number of carbonyl (C=O) groups is 2. The first-order chi connectivity index (χ1) is 16.1. The number of cyclic esters (lactones) is 1. The van der Waals surface area contributed by atoms with Gasteiger partial charge in [0, 0.05) is 19.1 Å². The highest BCUT2D eigenvalue weighted by Gasteiger charge is 2.40. The Morgan fingerprint density at radius 1 is 1.00 bits per heavy atom. The van der Waals surface area contributed by atoms with E-state index in [1.807, 2.05) is 58.3 Å². The number of hydrogen-bond donors (Lipinski definition) is 0. The summed E-state index contributed by atoms with van der Waals surface area (Å²) in [6.45, 7) is 3.36. The Morgan fingerprint density at radius 2 is 1.67 bits per heavy atom. The Labute approximate surface area is 192 Å². The third-order valence-corrected chi connectivity index (χ3v) is 6.43. The summed E-state index contributed by atoms with van der Waals surface area (Å²) < 4.78 is 5.39. The van der Waals surface area contributed by atoms with Crippen molar-refractivity contribution in [3.8, 4) is 5.69 Å². The van der Waals surface area contributed by atoms with Crippen molar-refractivity contribution in [1.82, 2.24) is 24.8 Å². The van der Waals surface area contributed by atoms with Crippen molar-refractivity contribution >= 4 is 12.0 Å². The van der Waals surface area contributed by atoms with Gasteiger partial charge in [-0.25, -0.2) is 4.79 Å². The van der Waals surface area contributed by atoms with Crippen LogP contribution in [0.5, 0.6) is 0 Å². The van der Waals surface area contributed by atoms with Crippen LogP contribution < -0.4 is 0 Å². The topological polar surface area (TPSA) is 80.6 Å². The van der Waals surface area contributed by atoms with Crippen LogP contribution in [-0.4, -0.2) is 68.6 Å². The van der Waals surface area contributed by atoms with Gasteiger partial charge in [-0.15, -0.1) is 5.10 Å². The lowest BCUT2D eigenvalue weighted by Gasteiger charge is -2.37. The zero-order chi connectivity index (χ0) is 22.8. The van der Waals surface area contributed by atoms with Crippen LogP contribution in [0.25, 0.3) is 5.69 Å². The summed E-state index contributed by atoms with van der Waals surface area (Å²) in [5.74, 6) is -0.113. The Kier molecular flexibility index (Phi) is 5.81. The van der Waals surface area contributed by atoms with Crippen LogP contribution in [0.1, 0.15) is 34.6 Å². The molecule has 0 spiro atoms. The van der Waals surface area contributed by atoms with E-state index in [0.717, 1.165) is 24.9 Å². The molecule has 170 valence electrons. The van der Waals surface area contributed by atoms with E-state index in [1.165, 1.54) is 10.4 Å². The molecule has 8 nitrogen and oxygen atoms in total. The van der Waals surface area contributed by atoms with Crippen LogP contribution in [-0.2, 0) is 11.2 Å². The standard InChI is InChI=1S/C25H27N5O3/c1-18-23(27-30(26-18)21-10-6-3-7-11-21)24(31)28-14-12-20(13-15-28)29-22(17-33-25(29)32)16-19-8-4-2-5-9-19/h2-11,20,22H,12-17H2,1H3/t22-/m1/s1. The number of piperidine rings is 1. The molecule has 0 radical (unpaired) electrons. The van der Waals surface area contributed by atoms with Gasteiger partial charge >= 0.3 is 6.09 Å². The molecule has 0 saturated carbocycles. The zero-order valence-electron chi connectivity index (χ0n) is 18.6. The average molecular weight is 446 g/mol. The predicted octanol–water partition coefficient (Wildman–Crippen LogP) is 3.24. The van der Waals surface area contributed by atoms with Gasteiger partial charge in [-0.3, -0.25) is 9.69 Å². The molecule has 3 aromatic rings. The van der Waals surface area contributed by atoms with Crippen molar-refractivity contribution < 1.29 is 14.3 Å². The lowest BCUT2D eigenvalue weighted by molar-refractivity contribution is 0.0630. The number of amides is 2. The highest BCUT2D eigenvalue weighted by molar-refractivity contribution is 5.93. The first kappa shape index (κ1) is 21.2. The van der Waals surface area contributed by atoms with Crippen molar-refractivity contribution in [3.05, 3.63) is 77.6 Å². The summed E-state index contributed by atoms with van der Waals surface area (Å²) >= 11 is 0. The van der Waals surface area contributed by atoms with E-state index in [0.29, 0.717) is 31.1 Å². The summed E-state index contributed by atoms with van der Waals surface area (Å²) in [4.78, 5) is 30.9. The normalized spacial score (nSPS) is 19.1. The molecule has 8 heteroatoms. The molecule has 3 heterocycles. The number of nitrogens with zero attached hydrogens (tertiary/aromatic N) is 5. The van der Waals surface area contributed by atoms with Gasteiger partial charge in [-0.2, -0.15) is 9.90 Å². The summed E-state index contributed by atoms with van der Waals surface area (Å²) in [6.07, 6.45) is 1.96. The Morgan fingerprint density at radius 3 is 2.36 bits per heavy atom. The maximum atomic E-state index is 13.2. The van der Waals surface area contributed by atoms with E-state index in [2.05, 4.69) is 22.3 Å². The molecule has 2 aliphatic heterocycles. The van der Waals surface area contributed by atoms with Gasteiger partial charge in [-0.05, 0) is 43.9 Å². The Hall–Kier alpha value is -3.68. The van der Waals surface area contributed by atoms with Crippen molar-refractivity contribution in [2.75, 3.05) is 19.7 Å². The monoisotopic (exact) mass is 445 g/mol. The molecule has 2 amide bonds. The molecule has 2 fully saturated rings. The van der Waals surface area contributed by atoms with Gasteiger partial charge in [-0.1, -0.05) is 48.5 Å². The molecule has 0 unspecified atom stereocenters. The number of hydrogen-bond acceptors (Lipinski definition) is 5. The van der Waals surface area contributed by atoms with Crippen molar-refractivity contribution in [3.63, 3.8) is 0 Å². The third-order valence-electron chi connectivity index (χ3n) is 6.43. The van der Waals surface area contributed by atoms with Crippen molar-refractivity contribution in [2.45, 2.75) is 38.3 Å². The highest BCUT2D eigenvalue weighted by atomic mass is 16.6. The van der Waals surface area contributed by atoms with Gasteiger partial charge in [0.1, 0.15) is 6.61 Å². The summed E-state index contributed by atoms with van der Waals surface area (Å²) in [6, 6.07) is 19.8. The van der Waals surface area contributed by atoms with E-state index in [-0.39, 0.29) is 24.1 Å². The lowest BCUT2D eigenvalue weighted by atomic mass is 9.99. The van der Waals surface area contributed by atoms with Gasteiger partial charge in [0.2, 0.25) is 0 Å². The van der Waals surface area contributed by atoms with E-state index >= 15 is 0 Å². The number of aryl methyl sites for hydroxylation is 1. The molecule has 1 atom stereocenters. The number of para-hydroxylation sites is 1. The van der Waals surface area contributed by atoms with Crippen LogP contribution in [0.15, 0.2) is 60.7 Å². The number of rotatable bonds is 5. The Balaban J connectivity index is 1.24. The lowest BCUT2D eigenvalue weighted by Crippen LogP contribution is -2.50. The first-order valence-corrected chi connectivity index (χ1v) is 11.4. The van der Waals surface area contributed by atoms with Crippen LogP contribution in [0.2, 0.25) is 0 Å². The summed E-state index contributed by atoms with van der Waals surface area (Å²) in [5, 5.41) is 8.88. The molecule has 2 aromatic carbocycles. The molecule has 0 N–H and O–H groups in total. The fourth-order valence-electron chi connectivity index (χ4n) is 4.71. The van der Waals surface area contributed by atoms with Crippen LogP contribution in [0.3, 0.4) is 0 Å². The smallest absolute Gasteiger partial charge is 0.410 e. The number of carbonyl (C=O) groups excluding carboxylic acids is 2. The maximum Gasteiger partial charge on any atom is 0.410 e. The Bertz CT molecular complexity index is 1120. The SMILES string of the molecule is Cc1nn(-c2ccccc2)nc1C(=O)N1CCC(N2C(=O)OC[C@H]2Cc2ccccc2)CC1. The quantitative estimate of drug-likeness (QED) is 0.602. The second-order valence-electron chi connectivity index (χ2n) is 8.61. The molecule has 2 saturated heterocycles. The van der Waals surface area contributed by atoms with Gasteiger partial charge in [0.25, 0.3) is 5.91 Å². The molecule has 33 heavy (non-hydrogen) atoms. The molecule has 2 aliphatic rings. The summed E-state index contributed by atoms with van der Waals surface area (Å²) in [5.41, 5.74) is 2.99. The largest absolute Gasteiger partial charge is 0.447 e. The molecule has 1 aromatic heterocycles. The van der Waals surface area contributed by atoms with Gasteiger partial charge < -0.3 is 9.64 Å². The van der Waals surface area contributed by atoms with Crippen LogP contribution in [0, 0.1) is 6.92 Å². The van der Waals surface area contributed by atoms with E-state index < -0.39 is 0 Å². The minimum absolute atomic E-state index is 0.0279. The second kappa shape index (κ2) is 9.05. The van der Waals surface area contributed by atoms with Crippen molar-refractivity contribution in [2.24, 2.45) is 0 Å². The third kappa shape index (κ3) is 4.33. The molecular formula is C25H27N5O3. The van der Waals surface area contributed by atoms with E-state index in [4.69, 9.17) is 4.74 Å². The fourth-order valence-corrected chi connectivity index (χ4v) is 4.71. The summed E-state index contributed by atoms with van der Waals surface area (Å²) in [7, 11) is 0. The van der Waals surface area contributed by atoms with Gasteiger partial charge in [0.05, 0.1) is 17.4 Å². The number of ether oxygens (including phenoxy) is 1. The van der Waals surface area contributed by atoms with Crippen molar-refractivity contribution in [1.29, 1.82) is 0 Å². The zero-order valence-corrected chi connectivity index (χ0v) is 18.6. The predicted molar refractivity (Wildman–Crippen MR) is 122 cm³/mol. The van der Waals surface area contributed by atoms with Crippen LogP contribution >= 0.6 is 0 Å². The molecular weight excluding hydrogens is 418 g/mol. The maximum absolute atomic E-state index is 13.2. The average Bonchev–Trinajstić information content (AvgIpc) is 3.42. The van der Waals surface area contributed by atoms with Crippen LogP contribution in [0.4, 0.5) is 4.79 Å². The molecule has 5 rings (SSSR count). The van der Waals surface area contributed by atoms with Gasteiger partial charge in [0.15, 0.2) is 5.69 Å². The fraction of sp³-hybridized carbons (Fsp3) is 0.360. The molecule has 0 aliphatic carbocycles. The minimum atomic E-state index is -0.248. The number of benzene rings is 2.